The minimum atomic E-state index is -1.56. The molecule has 0 saturated carbocycles. The standard InChI is InChI=1S/C12H11F2NO3/c1-2-3-10(15-12(17)18)11(16)8-6-7(13)4-5-9(8)14/h1,4-6,10-11,15-16H,3H2,(H,17,18)/t10-,11+/m1/s1. The van der Waals surface area contributed by atoms with Crippen LogP contribution in [0.15, 0.2) is 18.2 Å². The van der Waals surface area contributed by atoms with Crippen molar-refractivity contribution < 1.29 is 23.8 Å². The molecule has 0 unspecified atom stereocenters. The van der Waals surface area contributed by atoms with E-state index in [-0.39, 0.29) is 12.0 Å². The molecule has 3 N–H and O–H groups in total. The van der Waals surface area contributed by atoms with Crippen molar-refractivity contribution in [1.82, 2.24) is 5.32 Å². The number of aliphatic hydroxyl groups excluding tert-OH is 1. The molecule has 0 aromatic heterocycles. The fraction of sp³-hybridized carbons (Fsp3) is 0.250. The largest absolute Gasteiger partial charge is 0.465 e. The number of rotatable bonds is 4. The lowest BCUT2D eigenvalue weighted by molar-refractivity contribution is 0.118. The average Bonchev–Trinajstić information content (AvgIpc) is 2.30. The van der Waals surface area contributed by atoms with E-state index in [2.05, 4.69) is 5.92 Å². The maximum atomic E-state index is 13.4. The highest BCUT2D eigenvalue weighted by Gasteiger charge is 2.24. The molecule has 0 fully saturated rings. The highest BCUT2D eigenvalue weighted by Crippen LogP contribution is 2.22. The van der Waals surface area contributed by atoms with Gasteiger partial charge in [-0.25, -0.2) is 13.6 Å². The van der Waals surface area contributed by atoms with E-state index in [4.69, 9.17) is 11.5 Å². The van der Waals surface area contributed by atoms with Crippen molar-refractivity contribution in [3.8, 4) is 12.3 Å². The molecule has 2 atom stereocenters. The van der Waals surface area contributed by atoms with E-state index in [1.165, 1.54) is 0 Å². The number of amides is 1. The predicted octanol–water partition coefficient (Wildman–Crippen LogP) is 1.66. The first-order valence-corrected chi connectivity index (χ1v) is 5.01. The van der Waals surface area contributed by atoms with E-state index in [0.717, 1.165) is 18.2 Å². The fourth-order valence-electron chi connectivity index (χ4n) is 1.49. The lowest BCUT2D eigenvalue weighted by Crippen LogP contribution is -2.38. The summed E-state index contributed by atoms with van der Waals surface area (Å²) in [5, 5.41) is 20.4. The number of aliphatic hydroxyl groups is 1. The molecule has 0 saturated heterocycles. The molecular weight excluding hydrogens is 244 g/mol. The van der Waals surface area contributed by atoms with Crippen LogP contribution in [-0.2, 0) is 0 Å². The topological polar surface area (TPSA) is 69.6 Å². The van der Waals surface area contributed by atoms with Crippen LogP contribution < -0.4 is 5.32 Å². The normalized spacial score (nSPS) is 13.4. The number of carbonyl (C=O) groups is 1. The third kappa shape index (κ3) is 3.43. The summed E-state index contributed by atoms with van der Waals surface area (Å²) in [5.41, 5.74) is -0.344. The van der Waals surface area contributed by atoms with Crippen molar-refractivity contribution in [2.45, 2.75) is 18.6 Å². The minimum Gasteiger partial charge on any atom is -0.465 e. The zero-order valence-corrected chi connectivity index (χ0v) is 9.23. The maximum absolute atomic E-state index is 13.4. The fourth-order valence-corrected chi connectivity index (χ4v) is 1.49. The predicted molar refractivity (Wildman–Crippen MR) is 59.7 cm³/mol. The Bertz CT molecular complexity index is 485. The van der Waals surface area contributed by atoms with E-state index in [0.29, 0.717) is 0 Å². The average molecular weight is 255 g/mol. The Morgan fingerprint density at radius 3 is 2.72 bits per heavy atom. The lowest BCUT2D eigenvalue weighted by Gasteiger charge is -2.21. The molecule has 1 amide bonds. The Labute approximate surface area is 102 Å². The molecule has 1 rings (SSSR count). The Hall–Kier alpha value is -2.13. The van der Waals surface area contributed by atoms with E-state index in [1.54, 1.807) is 0 Å². The molecule has 0 bridgehead atoms. The van der Waals surface area contributed by atoms with Crippen molar-refractivity contribution in [3.63, 3.8) is 0 Å². The van der Waals surface area contributed by atoms with Crippen molar-refractivity contribution in [3.05, 3.63) is 35.4 Å². The van der Waals surface area contributed by atoms with Gasteiger partial charge in [-0.3, -0.25) is 0 Å². The van der Waals surface area contributed by atoms with Gasteiger partial charge >= 0.3 is 6.09 Å². The number of halogens is 2. The lowest BCUT2D eigenvalue weighted by atomic mass is 9.99. The zero-order chi connectivity index (χ0) is 13.7. The van der Waals surface area contributed by atoms with Gasteiger partial charge in [0, 0.05) is 12.0 Å². The third-order valence-corrected chi connectivity index (χ3v) is 2.30. The second-order valence-corrected chi connectivity index (χ2v) is 3.57. The monoisotopic (exact) mass is 255 g/mol. The van der Waals surface area contributed by atoms with Gasteiger partial charge in [0.15, 0.2) is 0 Å². The second-order valence-electron chi connectivity index (χ2n) is 3.57. The molecule has 96 valence electrons. The van der Waals surface area contributed by atoms with E-state index in [1.807, 2.05) is 5.32 Å². The molecule has 0 aliphatic heterocycles. The molecule has 0 aliphatic carbocycles. The summed E-state index contributed by atoms with van der Waals surface area (Å²) in [6.45, 7) is 0. The van der Waals surface area contributed by atoms with Crippen LogP contribution in [0.25, 0.3) is 0 Å². The van der Waals surface area contributed by atoms with Crippen LogP contribution in [0.5, 0.6) is 0 Å². The first-order valence-electron chi connectivity index (χ1n) is 5.01. The Morgan fingerprint density at radius 1 is 1.50 bits per heavy atom. The van der Waals surface area contributed by atoms with Gasteiger partial charge in [0.25, 0.3) is 0 Å². The number of terminal acetylenes is 1. The van der Waals surface area contributed by atoms with E-state index < -0.39 is 29.9 Å². The number of benzene rings is 1. The first kappa shape index (κ1) is 13.9. The van der Waals surface area contributed by atoms with Gasteiger partial charge in [-0.1, -0.05) is 0 Å². The molecule has 0 heterocycles. The summed E-state index contributed by atoms with van der Waals surface area (Å²) >= 11 is 0. The number of carboxylic acid groups (broad SMARTS) is 1. The van der Waals surface area contributed by atoms with Crippen LogP contribution >= 0.6 is 0 Å². The Morgan fingerprint density at radius 2 is 2.17 bits per heavy atom. The SMILES string of the molecule is C#CC[C@@H](NC(=O)O)[C@@H](O)c1cc(F)ccc1F. The molecular formula is C12H11F2NO3. The van der Waals surface area contributed by atoms with Crippen molar-refractivity contribution in [2.24, 2.45) is 0 Å². The molecule has 0 aliphatic rings. The zero-order valence-electron chi connectivity index (χ0n) is 9.23. The van der Waals surface area contributed by atoms with Gasteiger partial charge in [0.2, 0.25) is 0 Å². The smallest absolute Gasteiger partial charge is 0.405 e. The van der Waals surface area contributed by atoms with Crippen molar-refractivity contribution in [1.29, 1.82) is 0 Å². The van der Waals surface area contributed by atoms with E-state index >= 15 is 0 Å². The summed E-state index contributed by atoms with van der Waals surface area (Å²) in [7, 11) is 0. The Balaban J connectivity index is 3.01. The molecule has 1 aromatic carbocycles. The number of hydrogen-bond donors (Lipinski definition) is 3. The Kier molecular flexibility index (Phi) is 4.63. The van der Waals surface area contributed by atoms with Gasteiger partial charge in [-0.15, -0.1) is 12.3 Å². The minimum absolute atomic E-state index is 0.149. The van der Waals surface area contributed by atoms with Gasteiger partial charge in [0.05, 0.1) is 6.04 Å². The quantitative estimate of drug-likeness (QED) is 0.716. The molecule has 6 heteroatoms. The maximum Gasteiger partial charge on any atom is 0.405 e. The molecule has 0 radical (unpaired) electrons. The summed E-state index contributed by atoms with van der Waals surface area (Å²) in [4.78, 5) is 10.5. The van der Waals surface area contributed by atoms with Crippen LogP contribution in [0.4, 0.5) is 13.6 Å². The molecule has 1 aromatic rings. The van der Waals surface area contributed by atoms with Crippen molar-refractivity contribution in [2.75, 3.05) is 0 Å². The highest BCUT2D eigenvalue weighted by molar-refractivity contribution is 5.65. The summed E-state index contributed by atoms with van der Waals surface area (Å²) < 4.78 is 26.4. The second kappa shape index (κ2) is 5.98. The highest BCUT2D eigenvalue weighted by atomic mass is 19.1. The first-order chi connectivity index (χ1) is 8.45. The van der Waals surface area contributed by atoms with Crippen LogP contribution in [0, 0.1) is 24.0 Å². The van der Waals surface area contributed by atoms with E-state index in [9.17, 15) is 18.7 Å². The van der Waals surface area contributed by atoms with Gasteiger partial charge < -0.3 is 15.5 Å². The molecule has 18 heavy (non-hydrogen) atoms. The van der Waals surface area contributed by atoms with Crippen molar-refractivity contribution >= 4 is 6.09 Å². The third-order valence-electron chi connectivity index (χ3n) is 2.30. The molecule has 4 nitrogen and oxygen atoms in total. The summed E-state index contributed by atoms with van der Waals surface area (Å²) in [6.07, 6.45) is 1.90. The van der Waals surface area contributed by atoms with Gasteiger partial charge in [-0.05, 0) is 18.2 Å². The van der Waals surface area contributed by atoms with Crippen LogP contribution in [0.3, 0.4) is 0 Å². The number of nitrogens with one attached hydrogen (secondary N) is 1. The van der Waals surface area contributed by atoms with Crippen LogP contribution in [-0.4, -0.2) is 22.3 Å². The summed E-state index contributed by atoms with van der Waals surface area (Å²) in [6, 6.07) is 1.44. The molecule has 0 spiro atoms. The van der Waals surface area contributed by atoms with Crippen LogP contribution in [0.1, 0.15) is 18.1 Å². The summed E-state index contributed by atoms with van der Waals surface area (Å²) in [5.74, 6) is 0.585. The number of hydrogen-bond acceptors (Lipinski definition) is 2. The van der Waals surface area contributed by atoms with Crippen LogP contribution in [0.2, 0.25) is 0 Å². The van der Waals surface area contributed by atoms with Gasteiger partial charge in [-0.2, -0.15) is 0 Å². The van der Waals surface area contributed by atoms with Gasteiger partial charge in [0.1, 0.15) is 17.7 Å².